The predicted octanol–water partition coefficient (Wildman–Crippen LogP) is 2.08. The smallest absolute Gasteiger partial charge is 0.315 e. The fourth-order valence-electron chi connectivity index (χ4n) is 9.00. The van der Waals surface area contributed by atoms with Crippen LogP contribution < -0.4 is 32.3 Å². The van der Waals surface area contributed by atoms with Crippen LogP contribution in [0.1, 0.15) is 112 Å². The number of hydrogen-bond donors (Lipinski definition) is 6. The highest BCUT2D eigenvalue weighted by Crippen LogP contribution is 2.65. The zero-order valence-corrected chi connectivity index (χ0v) is 30.1. The van der Waals surface area contributed by atoms with Crippen molar-refractivity contribution in [2.24, 2.45) is 40.2 Å². The molecule has 13 heteroatoms. The normalized spacial score (nSPS) is 28.8. The number of nitrogens with two attached hydrogens (primary N) is 1. The van der Waals surface area contributed by atoms with Gasteiger partial charge in [0.25, 0.3) is 0 Å². The zero-order chi connectivity index (χ0) is 35.7. The molecule has 7 atom stereocenters. The van der Waals surface area contributed by atoms with Crippen LogP contribution in [-0.4, -0.2) is 83.8 Å². The van der Waals surface area contributed by atoms with Crippen molar-refractivity contribution >= 4 is 35.6 Å². The molecule has 0 spiro atoms. The summed E-state index contributed by atoms with van der Waals surface area (Å²) in [5.74, 6) is -2.67. The fourth-order valence-corrected chi connectivity index (χ4v) is 9.00. The lowest BCUT2D eigenvalue weighted by Crippen LogP contribution is -2.63. The first-order valence-corrected chi connectivity index (χ1v) is 18.6. The monoisotopic (exact) mass is 685 g/mol. The summed E-state index contributed by atoms with van der Waals surface area (Å²) in [7, 11) is 0. The van der Waals surface area contributed by atoms with Crippen LogP contribution >= 0.6 is 0 Å². The Morgan fingerprint density at radius 1 is 0.918 bits per heavy atom. The third-order valence-corrected chi connectivity index (χ3v) is 12.1. The molecule has 49 heavy (non-hydrogen) atoms. The number of carbonyl (C=O) groups excluding carboxylic acids is 6. The summed E-state index contributed by atoms with van der Waals surface area (Å²) >= 11 is 0. The van der Waals surface area contributed by atoms with E-state index in [0.29, 0.717) is 19.5 Å². The van der Waals surface area contributed by atoms with Crippen molar-refractivity contribution in [2.45, 2.75) is 142 Å². The summed E-state index contributed by atoms with van der Waals surface area (Å²) in [6.07, 6.45) is 10.5. The number of nitrogens with one attached hydrogen (secondary N) is 5. The minimum atomic E-state index is -1.06. The van der Waals surface area contributed by atoms with E-state index in [9.17, 15) is 28.8 Å². The van der Waals surface area contributed by atoms with Crippen LogP contribution in [0.25, 0.3) is 0 Å². The summed E-state index contributed by atoms with van der Waals surface area (Å²) in [6.45, 7) is 10.6. The predicted molar refractivity (Wildman–Crippen MR) is 183 cm³/mol. The van der Waals surface area contributed by atoms with E-state index in [-0.39, 0.29) is 53.5 Å². The number of rotatable bonds is 11. The number of urea groups is 1. The molecule has 0 radical (unpaired) electrons. The van der Waals surface area contributed by atoms with E-state index in [4.69, 9.17) is 5.73 Å². The summed E-state index contributed by atoms with van der Waals surface area (Å²) in [5, 5.41) is 14.6. The molecule has 0 aromatic rings. The quantitative estimate of drug-likeness (QED) is 0.193. The molecule has 2 heterocycles. The molecule has 0 aromatic heterocycles. The highest BCUT2D eigenvalue weighted by molar-refractivity contribution is 5.97. The van der Waals surface area contributed by atoms with Gasteiger partial charge in [0.05, 0.1) is 0 Å². The molecule has 274 valence electrons. The van der Waals surface area contributed by atoms with Crippen molar-refractivity contribution in [3.63, 3.8) is 0 Å². The van der Waals surface area contributed by atoms with Crippen LogP contribution in [0, 0.1) is 34.5 Å². The summed E-state index contributed by atoms with van der Waals surface area (Å²) < 4.78 is 0. The average molecular weight is 686 g/mol. The number of carbonyl (C=O) groups is 6. The standard InChI is InChI=1S/C36H59N7O6/c1-35(2,3)28(42-31(46)26(20-12-8-6-9-13-20)41-34(49)39-22-14-10-7-11-15-22)33(48)43-19-23-25(36(23,4)5)27(43)32(47)40-24(29(37)44)18-21-16-17-38-30(21)45/h20-28H,6-19H2,1-5H3,(H2,37,44)(H,38,45)(H,40,47)(H,42,46)(H2,39,41,49)/t21-,23-,24-,25-,26-,27-,28+/m0/s1. The number of piperidine rings is 1. The molecule has 3 saturated carbocycles. The van der Waals surface area contributed by atoms with Gasteiger partial charge in [-0.15, -0.1) is 0 Å². The van der Waals surface area contributed by atoms with Gasteiger partial charge in [-0.2, -0.15) is 0 Å². The largest absolute Gasteiger partial charge is 0.368 e. The van der Waals surface area contributed by atoms with Crippen molar-refractivity contribution in [3.8, 4) is 0 Å². The fraction of sp³-hybridized carbons (Fsp3) is 0.833. The minimum absolute atomic E-state index is 0.0481. The van der Waals surface area contributed by atoms with Crippen LogP contribution in [0.5, 0.6) is 0 Å². The first-order valence-electron chi connectivity index (χ1n) is 18.6. The maximum absolute atomic E-state index is 14.5. The highest BCUT2D eigenvalue weighted by Gasteiger charge is 2.70. The van der Waals surface area contributed by atoms with Gasteiger partial charge in [0.2, 0.25) is 29.5 Å². The molecule has 5 aliphatic rings. The van der Waals surface area contributed by atoms with Crippen LogP contribution in [0.3, 0.4) is 0 Å². The molecule has 2 aliphatic heterocycles. The molecular weight excluding hydrogens is 626 g/mol. The van der Waals surface area contributed by atoms with Gasteiger partial charge in [0.15, 0.2) is 0 Å². The Labute approximate surface area is 290 Å². The van der Waals surface area contributed by atoms with Gasteiger partial charge < -0.3 is 37.2 Å². The van der Waals surface area contributed by atoms with Crippen LogP contribution in [0.15, 0.2) is 0 Å². The molecule has 0 bridgehead atoms. The summed E-state index contributed by atoms with van der Waals surface area (Å²) in [6, 6.07) is -3.95. The number of hydrogen-bond acceptors (Lipinski definition) is 6. The first-order chi connectivity index (χ1) is 23.1. The molecule has 5 rings (SSSR count). The Balaban J connectivity index is 1.32. The Morgan fingerprint density at radius 2 is 1.55 bits per heavy atom. The van der Waals surface area contributed by atoms with Gasteiger partial charge in [0.1, 0.15) is 24.2 Å². The SMILES string of the molecule is CC(C)(C)[C@H](NC(=O)[C@@H](NC(=O)NC1CCCCC1)C1CCCCC1)C(=O)N1C[C@H]2[C@@H]([C@H]1C(=O)N[C@@H](C[C@@H]1CCNC1=O)C(N)=O)C2(C)C. The van der Waals surface area contributed by atoms with Gasteiger partial charge >= 0.3 is 6.03 Å². The maximum atomic E-state index is 14.5. The zero-order valence-electron chi connectivity index (χ0n) is 30.1. The van der Waals surface area contributed by atoms with E-state index in [2.05, 4.69) is 40.4 Å². The van der Waals surface area contributed by atoms with Gasteiger partial charge in [-0.05, 0) is 67.1 Å². The molecular formula is C36H59N7O6. The van der Waals surface area contributed by atoms with Gasteiger partial charge in [0, 0.05) is 25.0 Å². The Hall–Kier alpha value is -3.38. The van der Waals surface area contributed by atoms with Crippen LogP contribution in [0.4, 0.5) is 4.79 Å². The van der Waals surface area contributed by atoms with Gasteiger partial charge in [-0.1, -0.05) is 73.1 Å². The third kappa shape index (κ3) is 8.33. The summed E-state index contributed by atoms with van der Waals surface area (Å²) in [4.78, 5) is 82.1. The van der Waals surface area contributed by atoms with E-state index < -0.39 is 53.2 Å². The van der Waals surface area contributed by atoms with Crippen molar-refractivity contribution in [1.29, 1.82) is 0 Å². The topological polar surface area (TPSA) is 192 Å². The van der Waals surface area contributed by atoms with E-state index in [0.717, 1.165) is 57.8 Å². The van der Waals surface area contributed by atoms with Crippen molar-refractivity contribution in [2.75, 3.05) is 13.1 Å². The number of nitrogens with zero attached hydrogens (tertiary/aromatic N) is 1. The minimum Gasteiger partial charge on any atom is -0.368 e. The van der Waals surface area contributed by atoms with E-state index in [1.807, 2.05) is 20.8 Å². The molecule has 2 saturated heterocycles. The van der Waals surface area contributed by atoms with E-state index in [1.54, 1.807) is 4.90 Å². The lowest BCUT2D eigenvalue weighted by atomic mass is 9.82. The Morgan fingerprint density at radius 3 is 2.12 bits per heavy atom. The second-order valence-corrected chi connectivity index (χ2v) is 17.0. The molecule has 5 fully saturated rings. The molecule has 0 aromatic carbocycles. The highest BCUT2D eigenvalue weighted by atomic mass is 16.2. The van der Waals surface area contributed by atoms with E-state index in [1.165, 1.54) is 6.42 Å². The van der Waals surface area contributed by atoms with Gasteiger partial charge in [-0.3, -0.25) is 24.0 Å². The first kappa shape index (κ1) is 36.9. The maximum Gasteiger partial charge on any atom is 0.315 e. The average Bonchev–Trinajstić information content (AvgIpc) is 3.38. The van der Waals surface area contributed by atoms with Gasteiger partial charge in [-0.25, -0.2) is 4.79 Å². The molecule has 7 N–H and O–H groups in total. The molecule has 0 unspecified atom stereocenters. The Kier molecular flexibility index (Phi) is 11.2. The third-order valence-electron chi connectivity index (χ3n) is 12.1. The molecule has 13 nitrogen and oxygen atoms in total. The molecule has 7 amide bonds. The van der Waals surface area contributed by atoms with Crippen LogP contribution in [0.2, 0.25) is 0 Å². The second-order valence-electron chi connectivity index (χ2n) is 17.0. The summed E-state index contributed by atoms with van der Waals surface area (Å²) in [5.41, 5.74) is 4.78. The van der Waals surface area contributed by atoms with Crippen molar-refractivity contribution in [3.05, 3.63) is 0 Å². The Bertz CT molecular complexity index is 1280. The number of amides is 7. The van der Waals surface area contributed by atoms with Crippen molar-refractivity contribution < 1.29 is 28.8 Å². The van der Waals surface area contributed by atoms with E-state index >= 15 is 0 Å². The lowest BCUT2D eigenvalue weighted by molar-refractivity contribution is -0.146. The second kappa shape index (κ2) is 14.8. The number of fused-ring (bicyclic) bond motifs is 1. The molecule has 3 aliphatic carbocycles. The van der Waals surface area contributed by atoms with Crippen LogP contribution in [-0.2, 0) is 24.0 Å². The number of primary amides is 1. The lowest BCUT2D eigenvalue weighted by Gasteiger charge is -2.39. The van der Waals surface area contributed by atoms with Crippen molar-refractivity contribution in [1.82, 2.24) is 31.5 Å². The number of likely N-dealkylation sites (tertiary alicyclic amines) is 1.